The summed E-state index contributed by atoms with van der Waals surface area (Å²) in [6.07, 6.45) is 5.00. The fourth-order valence-corrected chi connectivity index (χ4v) is 2.13. The molecule has 5 heteroatoms. The van der Waals surface area contributed by atoms with Gasteiger partial charge < -0.3 is 4.74 Å². The predicted octanol–water partition coefficient (Wildman–Crippen LogP) is 3.17. The van der Waals surface area contributed by atoms with E-state index in [1.165, 1.54) is 0 Å². The molecule has 0 amide bonds. The van der Waals surface area contributed by atoms with E-state index in [1.807, 2.05) is 16.8 Å². The first kappa shape index (κ1) is 15.2. The number of rotatable bonds is 4. The Hall–Kier alpha value is -2.17. The molecule has 0 aromatic carbocycles. The van der Waals surface area contributed by atoms with Crippen LogP contribution in [0.4, 0.5) is 0 Å². The third-order valence-electron chi connectivity index (χ3n) is 2.91. The van der Waals surface area contributed by atoms with E-state index in [2.05, 4.69) is 30.9 Å². The molecule has 2 rings (SSSR count). The summed E-state index contributed by atoms with van der Waals surface area (Å²) in [4.78, 5) is 16.2. The zero-order chi connectivity index (χ0) is 15.5. The molecule has 2 aromatic rings. The third kappa shape index (κ3) is 3.68. The summed E-state index contributed by atoms with van der Waals surface area (Å²) >= 11 is 0. The molecule has 0 aliphatic carbocycles. The standard InChI is InChI=1S/C16H21N3O2/c1-5-21-15(20)13-10-18-19(11-16(2,3)4)14(13)12-6-8-17-9-7-12/h6-10H,5,11H2,1-4H3. The van der Waals surface area contributed by atoms with Crippen molar-refractivity contribution in [1.29, 1.82) is 0 Å². The van der Waals surface area contributed by atoms with Crippen LogP contribution in [-0.4, -0.2) is 27.3 Å². The van der Waals surface area contributed by atoms with Gasteiger partial charge in [-0.1, -0.05) is 20.8 Å². The summed E-state index contributed by atoms with van der Waals surface area (Å²) in [6.45, 7) is 9.26. The van der Waals surface area contributed by atoms with E-state index in [-0.39, 0.29) is 11.4 Å². The number of esters is 1. The topological polar surface area (TPSA) is 57.0 Å². The second-order valence-corrected chi connectivity index (χ2v) is 6.08. The van der Waals surface area contributed by atoms with Crippen molar-refractivity contribution in [3.05, 3.63) is 36.3 Å². The lowest BCUT2D eigenvalue weighted by molar-refractivity contribution is 0.0527. The number of hydrogen-bond acceptors (Lipinski definition) is 4. The van der Waals surface area contributed by atoms with E-state index >= 15 is 0 Å². The van der Waals surface area contributed by atoms with Crippen LogP contribution in [0.2, 0.25) is 0 Å². The molecule has 0 bridgehead atoms. The quantitative estimate of drug-likeness (QED) is 0.810. The molecule has 0 fully saturated rings. The number of aromatic nitrogens is 3. The minimum absolute atomic E-state index is 0.0553. The molecule has 0 unspecified atom stereocenters. The van der Waals surface area contributed by atoms with Gasteiger partial charge in [-0.3, -0.25) is 9.67 Å². The van der Waals surface area contributed by atoms with Crippen molar-refractivity contribution in [3.8, 4) is 11.3 Å². The van der Waals surface area contributed by atoms with Crippen LogP contribution >= 0.6 is 0 Å². The van der Waals surface area contributed by atoms with Gasteiger partial charge in [-0.05, 0) is 24.5 Å². The van der Waals surface area contributed by atoms with Crippen molar-refractivity contribution in [2.75, 3.05) is 6.61 Å². The summed E-state index contributed by atoms with van der Waals surface area (Å²) in [5.74, 6) is -0.343. The van der Waals surface area contributed by atoms with Gasteiger partial charge in [0.1, 0.15) is 5.56 Å². The highest BCUT2D eigenvalue weighted by molar-refractivity contribution is 5.96. The first-order chi connectivity index (χ1) is 9.92. The van der Waals surface area contributed by atoms with E-state index < -0.39 is 0 Å². The maximum atomic E-state index is 12.1. The number of carbonyl (C=O) groups excluding carboxylic acids is 1. The van der Waals surface area contributed by atoms with E-state index in [1.54, 1.807) is 25.5 Å². The normalized spacial score (nSPS) is 11.4. The maximum absolute atomic E-state index is 12.1. The Balaban J connectivity index is 2.50. The molecular formula is C16H21N3O2. The van der Waals surface area contributed by atoms with Gasteiger partial charge in [-0.2, -0.15) is 5.10 Å². The van der Waals surface area contributed by atoms with Crippen molar-refractivity contribution in [2.45, 2.75) is 34.2 Å². The summed E-state index contributed by atoms with van der Waals surface area (Å²) in [6, 6.07) is 3.75. The van der Waals surface area contributed by atoms with Gasteiger partial charge in [-0.15, -0.1) is 0 Å². The van der Waals surface area contributed by atoms with Crippen LogP contribution < -0.4 is 0 Å². The number of pyridine rings is 1. The molecule has 112 valence electrons. The molecule has 2 aromatic heterocycles. The lowest BCUT2D eigenvalue weighted by Crippen LogP contribution is -2.18. The van der Waals surface area contributed by atoms with Crippen LogP contribution in [0.1, 0.15) is 38.1 Å². The zero-order valence-electron chi connectivity index (χ0n) is 13.0. The maximum Gasteiger partial charge on any atom is 0.341 e. The van der Waals surface area contributed by atoms with Crippen molar-refractivity contribution in [3.63, 3.8) is 0 Å². The van der Waals surface area contributed by atoms with Crippen molar-refractivity contribution >= 4 is 5.97 Å². The van der Waals surface area contributed by atoms with E-state index in [0.717, 1.165) is 11.3 Å². The van der Waals surface area contributed by atoms with Gasteiger partial charge in [0.15, 0.2) is 0 Å². The Morgan fingerprint density at radius 1 is 1.29 bits per heavy atom. The van der Waals surface area contributed by atoms with Crippen molar-refractivity contribution in [2.24, 2.45) is 5.41 Å². The Kier molecular flexibility index (Phi) is 4.40. The van der Waals surface area contributed by atoms with Crippen LogP contribution in [0.15, 0.2) is 30.7 Å². The Labute approximate surface area is 125 Å². The summed E-state index contributed by atoms with van der Waals surface area (Å²) in [7, 11) is 0. The molecule has 5 nitrogen and oxygen atoms in total. The first-order valence-corrected chi connectivity index (χ1v) is 7.05. The second kappa shape index (κ2) is 6.08. The highest BCUT2D eigenvalue weighted by Gasteiger charge is 2.22. The molecule has 0 radical (unpaired) electrons. The largest absolute Gasteiger partial charge is 0.462 e. The average Bonchev–Trinajstić information content (AvgIpc) is 2.81. The Morgan fingerprint density at radius 2 is 1.95 bits per heavy atom. The zero-order valence-corrected chi connectivity index (χ0v) is 13.0. The molecule has 21 heavy (non-hydrogen) atoms. The van der Waals surface area contributed by atoms with Crippen LogP contribution in [0.25, 0.3) is 11.3 Å². The highest BCUT2D eigenvalue weighted by atomic mass is 16.5. The van der Waals surface area contributed by atoms with E-state index in [4.69, 9.17) is 4.74 Å². The minimum Gasteiger partial charge on any atom is -0.462 e. The molecule has 0 spiro atoms. The fourth-order valence-electron chi connectivity index (χ4n) is 2.13. The van der Waals surface area contributed by atoms with Gasteiger partial charge in [-0.25, -0.2) is 4.79 Å². The van der Waals surface area contributed by atoms with Crippen molar-refractivity contribution in [1.82, 2.24) is 14.8 Å². The second-order valence-electron chi connectivity index (χ2n) is 6.08. The first-order valence-electron chi connectivity index (χ1n) is 7.05. The highest BCUT2D eigenvalue weighted by Crippen LogP contribution is 2.27. The van der Waals surface area contributed by atoms with E-state index in [0.29, 0.717) is 18.7 Å². The van der Waals surface area contributed by atoms with Gasteiger partial charge >= 0.3 is 5.97 Å². The van der Waals surface area contributed by atoms with Gasteiger partial charge in [0.05, 0.1) is 18.5 Å². The smallest absolute Gasteiger partial charge is 0.341 e. The number of nitrogens with zero attached hydrogens (tertiary/aromatic N) is 3. The van der Waals surface area contributed by atoms with Crippen molar-refractivity contribution < 1.29 is 9.53 Å². The number of ether oxygens (including phenoxy) is 1. The lowest BCUT2D eigenvalue weighted by atomic mass is 9.96. The van der Waals surface area contributed by atoms with E-state index in [9.17, 15) is 4.79 Å². The molecule has 0 N–H and O–H groups in total. The number of hydrogen-bond donors (Lipinski definition) is 0. The van der Waals surface area contributed by atoms with Gasteiger partial charge in [0, 0.05) is 24.5 Å². The molecular weight excluding hydrogens is 266 g/mol. The van der Waals surface area contributed by atoms with Crippen LogP contribution in [0, 0.1) is 5.41 Å². The molecule has 0 aliphatic rings. The lowest BCUT2D eigenvalue weighted by Gasteiger charge is -2.20. The third-order valence-corrected chi connectivity index (χ3v) is 2.91. The predicted molar refractivity (Wildman–Crippen MR) is 80.9 cm³/mol. The SMILES string of the molecule is CCOC(=O)c1cnn(CC(C)(C)C)c1-c1ccncc1. The molecule has 0 atom stereocenters. The van der Waals surface area contributed by atoms with Gasteiger partial charge in [0.2, 0.25) is 0 Å². The van der Waals surface area contributed by atoms with Crippen LogP contribution in [-0.2, 0) is 11.3 Å². The summed E-state index contributed by atoms with van der Waals surface area (Å²) in [5, 5.41) is 4.38. The average molecular weight is 287 g/mol. The Bertz CT molecular complexity index is 612. The van der Waals surface area contributed by atoms with Crippen LogP contribution in [0.5, 0.6) is 0 Å². The molecule has 2 heterocycles. The van der Waals surface area contributed by atoms with Crippen LogP contribution in [0.3, 0.4) is 0 Å². The molecule has 0 saturated carbocycles. The molecule has 0 saturated heterocycles. The Morgan fingerprint density at radius 3 is 2.52 bits per heavy atom. The minimum atomic E-state index is -0.343. The van der Waals surface area contributed by atoms with Gasteiger partial charge in [0.25, 0.3) is 0 Å². The fraction of sp³-hybridized carbons (Fsp3) is 0.438. The molecule has 0 aliphatic heterocycles. The monoisotopic (exact) mass is 287 g/mol. The number of carbonyl (C=O) groups is 1. The summed E-state index contributed by atoms with van der Waals surface area (Å²) < 4.78 is 6.99. The summed E-state index contributed by atoms with van der Waals surface area (Å²) in [5.41, 5.74) is 2.24.